The van der Waals surface area contributed by atoms with Crippen LogP contribution >= 0.6 is 15.9 Å². The standard InChI is InChI=1S/C12H18BrNO2/c1-8(2)12-9(4-5-16-14)6-10(13)7-11(12)15-3/h6-8H,4-5,14H2,1-3H3. The molecule has 0 aliphatic heterocycles. The summed E-state index contributed by atoms with van der Waals surface area (Å²) >= 11 is 3.48. The van der Waals surface area contributed by atoms with E-state index < -0.39 is 0 Å². The summed E-state index contributed by atoms with van der Waals surface area (Å²) in [5.41, 5.74) is 2.44. The van der Waals surface area contributed by atoms with E-state index in [0.717, 1.165) is 16.6 Å². The van der Waals surface area contributed by atoms with E-state index in [1.165, 1.54) is 11.1 Å². The van der Waals surface area contributed by atoms with Crippen LogP contribution in [0.2, 0.25) is 0 Å². The fraction of sp³-hybridized carbons (Fsp3) is 0.500. The van der Waals surface area contributed by atoms with E-state index in [-0.39, 0.29) is 0 Å². The van der Waals surface area contributed by atoms with Gasteiger partial charge in [-0.15, -0.1) is 0 Å². The Hall–Kier alpha value is -0.580. The number of rotatable bonds is 5. The summed E-state index contributed by atoms with van der Waals surface area (Å²) in [5.74, 6) is 6.39. The van der Waals surface area contributed by atoms with Crippen LogP contribution in [-0.4, -0.2) is 13.7 Å². The normalized spacial score (nSPS) is 10.9. The van der Waals surface area contributed by atoms with Crippen molar-refractivity contribution in [1.29, 1.82) is 0 Å². The van der Waals surface area contributed by atoms with Crippen LogP contribution in [0.3, 0.4) is 0 Å². The van der Waals surface area contributed by atoms with Gasteiger partial charge in [-0.1, -0.05) is 29.8 Å². The third-order valence-electron chi connectivity index (χ3n) is 2.48. The summed E-state index contributed by atoms with van der Waals surface area (Å²) in [4.78, 5) is 4.64. The highest BCUT2D eigenvalue weighted by Gasteiger charge is 2.14. The highest BCUT2D eigenvalue weighted by molar-refractivity contribution is 9.10. The zero-order valence-corrected chi connectivity index (χ0v) is 11.5. The highest BCUT2D eigenvalue weighted by Crippen LogP contribution is 2.33. The summed E-state index contributed by atoms with van der Waals surface area (Å²) in [6, 6.07) is 4.08. The van der Waals surface area contributed by atoms with E-state index in [9.17, 15) is 0 Å². The molecule has 0 heterocycles. The maximum Gasteiger partial charge on any atom is 0.123 e. The summed E-state index contributed by atoms with van der Waals surface area (Å²) < 4.78 is 6.42. The van der Waals surface area contributed by atoms with Gasteiger partial charge in [0.1, 0.15) is 5.75 Å². The monoisotopic (exact) mass is 287 g/mol. The van der Waals surface area contributed by atoms with Gasteiger partial charge in [-0.05, 0) is 30.0 Å². The van der Waals surface area contributed by atoms with Gasteiger partial charge in [0.2, 0.25) is 0 Å². The van der Waals surface area contributed by atoms with Gasteiger partial charge in [-0.25, -0.2) is 5.90 Å². The van der Waals surface area contributed by atoms with Crippen LogP contribution in [-0.2, 0) is 11.3 Å². The first-order valence-corrected chi connectivity index (χ1v) is 6.07. The number of halogens is 1. The zero-order chi connectivity index (χ0) is 12.1. The Morgan fingerprint density at radius 1 is 1.38 bits per heavy atom. The molecular formula is C12H18BrNO2. The minimum atomic E-state index is 0.413. The second-order valence-corrected chi connectivity index (χ2v) is 4.87. The molecule has 0 atom stereocenters. The van der Waals surface area contributed by atoms with Gasteiger partial charge in [0.15, 0.2) is 0 Å². The Bertz CT molecular complexity index is 353. The molecule has 0 saturated heterocycles. The van der Waals surface area contributed by atoms with Crippen molar-refractivity contribution in [1.82, 2.24) is 0 Å². The van der Waals surface area contributed by atoms with Gasteiger partial charge < -0.3 is 9.57 Å². The number of nitrogens with two attached hydrogens (primary N) is 1. The van der Waals surface area contributed by atoms with E-state index in [2.05, 4.69) is 40.7 Å². The lowest BCUT2D eigenvalue weighted by molar-refractivity contribution is 0.141. The van der Waals surface area contributed by atoms with Gasteiger partial charge in [-0.3, -0.25) is 0 Å². The lowest BCUT2D eigenvalue weighted by atomic mass is 9.94. The average Bonchev–Trinajstić information content (AvgIpc) is 2.24. The van der Waals surface area contributed by atoms with Crippen molar-refractivity contribution in [2.75, 3.05) is 13.7 Å². The number of hydrogen-bond acceptors (Lipinski definition) is 3. The van der Waals surface area contributed by atoms with Crippen LogP contribution in [0.15, 0.2) is 16.6 Å². The van der Waals surface area contributed by atoms with E-state index in [1.807, 2.05) is 6.07 Å². The predicted octanol–water partition coefficient (Wildman–Crippen LogP) is 3.01. The fourth-order valence-electron chi connectivity index (χ4n) is 1.85. The zero-order valence-electron chi connectivity index (χ0n) is 9.92. The van der Waals surface area contributed by atoms with Crippen LogP contribution in [0.5, 0.6) is 5.75 Å². The first-order valence-electron chi connectivity index (χ1n) is 5.28. The average molecular weight is 288 g/mol. The molecule has 0 amide bonds. The van der Waals surface area contributed by atoms with Crippen molar-refractivity contribution in [3.05, 3.63) is 27.7 Å². The van der Waals surface area contributed by atoms with Crippen LogP contribution in [0.1, 0.15) is 30.9 Å². The van der Waals surface area contributed by atoms with Crippen molar-refractivity contribution in [2.45, 2.75) is 26.2 Å². The van der Waals surface area contributed by atoms with E-state index in [1.54, 1.807) is 7.11 Å². The minimum absolute atomic E-state index is 0.413. The van der Waals surface area contributed by atoms with Crippen molar-refractivity contribution in [2.24, 2.45) is 5.90 Å². The molecular weight excluding hydrogens is 270 g/mol. The van der Waals surface area contributed by atoms with Crippen LogP contribution in [0, 0.1) is 0 Å². The molecule has 1 aromatic rings. The number of ether oxygens (including phenoxy) is 1. The molecule has 3 nitrogen and oxygen atoms in total. The minimum Gasteiger partial charge on any atom is -0.496 e. The largest absolute Gasteiger partial charge is 0.496 e. The summed E-state index contributed by atoms with van der Waals surface area (Å²) in [6.07, 6.45) is 0.791. The van der Waals surface area contributed by atoms with E-state index in [0.29, 0.717) is 12.5 Å². The number of methoxy groups -OCH3 is 1. The molecule has 4 heteroatoms. The molecule has 0 aromatic heterocycles. The molecule has 1 rings (SSSR count). The molecule has 16 heavy (non-hydrogen) atoms. The lowest BCUT2D eigenvalue weighted by Gasteiger charge is -2.17. The molecule has 1 aromatic carbocycles. The molecule has 0 saturated carbocycles. The number of benzene rings is 1. The smallest absolute Gasteiger partial charge is 0.123 e. The Morgan fingerprint density at radius 3 is 2.56 bits per heavy atom. The molecule has 0 aliphatic rings. The molecule has 90 valence electrons. The molecule has 0 spiro atoms. The van der Waals surface area contributed by atoms with Crippen LogP contribution < -0.4 is 10.6 Å². The summed E-state index contributed by atoms with van der Waals surface area (Å²) in [5, 5.41) is 0. The lowest BCUT2D eigenvalue weighted by Crippen LogP contribution is -2.07. The Labute approximate surface area is 105 Å². The molecule has 0 bridgehead atoms. The van der Waals surface area contributed by atoms with Gasteiger partial charge in [0, 0.05) is 10.0 Å². The van der Waals surface area contributed by atoms with Crippen molar-refractivity contribution >= 4 is 15.9 Å². The highest BCUT2D eigenvalue weighted by atomic mass is 79.9. The quantitative estimate of drug-likeness (QED) is 0.847. The first kappa shape index (κ1) is 13.5. The van der Waals surface area contributed by atoms with E-state index >= 15 is 0 Å². The number of hydrogen-bond donors (Lipinski definition) is 1. The van der Waals surface area contributed by atoms with Gasteiger partial charge in [-0.2, -0.15) is 0 Å². The topological polar surface area (TPSA) is 44.5 Å². The summed E-state index contributed by atoms with van der Waals surface area (Å²) in [7, 11) is 1.69. The van der Waals surface area contributed by atoms with Gasteiger partial charge in [0.05, 0.1) is 13.7 Å². The molecule has 0 fully saturated rings. The second-order valence-electron chi connectivity index (χ2n) is 3.96. The second kappa shape index (κ2) is 6.23. The van der Waals surface area contributed by atoms with E-state index in [4.69, 9.17) is 10.6 Å². The van der Waals surface area contributed by atoms with Crippen molar-refractivity contribution in [3.8, 4) is 5.75 Å². The maximum absolute atomic E-state index is 5.41. The Balaban J connectivity index is 3.15. The fourth-order valence-corrected chi connectivity index (χ4v) is 2.33. The van der Waals surface area contributed by atoms with Gasteiger partial charge in [0.25, 0.3) is 0 Å². The first-order chi connectivity index (χ1) is 7.60. The molecule has 0 aliphatic carbocycles. The Morgan fingerprint density at radius 2 is 2.06 bits per heavy atom. The van der Waals surface area contributed by atoms with Crippen LogP contribution in [0.4, 0.5) is 0 Å². The van der Waals surface area contributed by atoms with Crippen molar-refractivity contribution < 1.29 is 9.57 Å². The van der Waals surface area contributed by atoms with Crippen LogP contribution in [0.25, 0.3) is 0 Å². The molecule has 0 unspecified atom stereocenters. The summed E-state index contributed by atoms with van der Waals surface area (Å²) in [6.45, 7) is 4.82. The van der Waals surface area contributed by atoms with Crippen molar-refractivity contribution in [3.63, 3.8) is 0 Å². The predicted molar refractivity (Wildman–Crippen MR) is 68.6 cm³/mol. The SMILES string of the molecule is COc1cc(Br)cc(CCON)c1C(C)C. The molecule has 0 radical (unpaired) electrons. The molecule has 2 N–H and O–H groups in total. The maximum atomic E-state index is 5.41. The Kier molecular flexibility index (Phi) is 5.25. The third-order valence-corrected chi connectivity index (χ3v) is 2.94. The van der Waals surface area contributed by atoms with Gasteiger partial charge >= 0.3 is 0 Å². The third kappa shape index (κ3) is 3.20.